The molecule has 1 aromatic carbocycles. The number of nitrogens with zero attached hydrogens (tertiary/aromatic N) is 1. The van der Waals surface area contributed by atoms with Crippen LogP contribution in [0.15, 0.2) is 30.3 Å². The summed E-state index contributed by atoms with van der Waals surface area (Å²) < 4.78 is 0. The number of Topliss-reactive ketones (excluding diaryl/α,β-unsaturated/α-hetero) is 1. The number of hydrogen-bond acceptors (Lipinski definition) is 3. The molecule has 0 saturated carbocycles. The van der Waals surface area contributed by atoms with Crippen LogP contribution in [0.5, 0.6) is 0 Å². The Morgan fingerprint density at radius 2 is 1.75 bits per heavy atom. The van der Waals surface area contributed by atoms with Crippen molar-refractivity contribution in [3.05, 3.63) is 35.9 Å². The van der Waals surface area contributed by atoms with Crippen molar-refractivity contribution in [3.8, 4) is 0 Å². The van der Waals surface area contributed by atoms with Crippen molar-refractivity contribution in [1.82, 2.24) is 4.90 Å². The highest BCUT2D eigenvalue weighted by molar-refractivity contribution is 6.36. The minimum absolute atomic E-state index is 0.0761. The molecule has 0 aliphatic heterocycles. The van der Waals surface area contributed by atoms with Gasteiger partial charge in [0.25, 0.3) is 0 Å². The second-order valence-corrected chi connectivity index (χ2v) is 4.82. The highest BCUT2D eigenvalue weighted by Gasteiger charge is 2.22. The van der Waals surface area contributed by atoms with Crippen molar-refractivity contribution < 1.29 is 19.5 Å². The lowest BCUT2D eigenvalue weighted by molar-refractivity contribution is -0.151. The molecule has 0 atom stereocenters. The highest BCUT2D eigenvalue weighted by Crippen LogP contribution is 2.07. The molecule has 20 heavy (non-hydrogen) atoms. The fourth-order valence-corrected chi connectivity index (χ4v) is 1.88. The molecule has 1 rings (SSSR count). The summed E-state index contributed by atoms with van der Waals surface area (Å²) in [6.07, 6.45) is 0.0916. The van der Waals surface area contributed by atoms with Gasteiger partial charge in [0.05, 0.1) is 6.42 Å². The van der Waals surface area contributed by atoms with E-state index in [1.807, 2.05) is 44.2 Å². The number of carbonyl (C=O) groups is 3. The van der Waals surface area contributed by atoms with E-state index in [-0.39, 0.29) is 6.04 Å². The maximum absolute atomic E-state index is 12.0. The third kappa shape index (κ3) is 4.84. The molecule has 1 amide bonds. The van der Waals surface area contributed by atoms with Crippen LogP contribution in [0.1, 0.15) is 25.8 Å². The number of carboxylic acids is 1. The summed E-state index contributed by atoms with van der Waals surface area (Å²) in [4.78, 5) is 35.1. The minimum atomic E-state index is -1.56. The van der Waals surface area contributed by atoms with Gasteiger partial charge < -0.3 is 10.0 Å². The average molecular weight is 277 g/mol. The SMILES string of the molecule is CC(C)N(CCc1ccccc1)C(=O)CC(=O)C(=O)O. The normalized spacial score (nSPS) is 10.3. The van der Waals surface area contributed by atoms with Gasteiger partial charge in [-0.2, -0.15) is 0 Å². The monoisotopic (exact) mass is 277 g/mol. The van der Waals surface area contributed by atoms with Gasteiger partial charge in [-0.15, -0.1) is 0 Å². The summed E-state index contributed by atoms with van der Waals surface area (Å²) in [7, 11) is 0. The zero-order valence-corrected chi connectivity index (χ0v) is 11.7. The number of benzene rings is 1. The summed E-state index contributed by atoms with van der Waals surface area (Å²) in [6, 6.07) is 9.61. The second kappa shape index (κ2) is 7.43. The molecule has 0 spiro atoms. The molecular formula is C15H19NO4. The van der Waals surface area contributed by atoms with Gasteiger partial charge >= 0.3 is 5.97 Å². The van der Waals surface area contributed by atoms with E-state index in [1.54, 1.807) is 0 Å². The van der Waals surface area contributed by atoms with Crippen LogP contribution >= 0.6 is 0 Å². The topological polar surface area (TPSA) is 74.7 Å². The smallest absolute Gasteiger partial charge is 0.372 e. The molecule has 0 unspecified atom stereocenters. The lowest BCUT2D eigenvalue weighted by Gasteiger charge is -2.26. The van der Waals surface area contributed by atoms with Crippen LogP contribution in [-0.2, 0) is 20.8 Å². The Labute approximate surface area is 118 Å². The van der Waals surface area contributed by atoms with Crippen LogP contribution in [0.3, 0.4) is 0 Å². The fraction of sp³-hybridized carbons (Fsp3) is 0.400. The Kier molecular flexibility index (Phi) is 5.90. The van der Waals surface area contributed by atoms with Crippen molar-refractivity contribution in [2.45, 2.75) is 32.7 Å². The first-order valence-electron chi connectivity index (χ1n) is 6.51. The number of amides is 1. The third-order valence-corrected chi connectivity index (χ3v) is 2.98. The highest BCUT2D eigenvalue weighted by atomic mass is 16.4. The molecular weight excluding hydrogens is 258 g/mol. The van der Waals surface area contributed by atoms with Crippen molar-refractivity contribution in [3.63, 3.8) is 0 Å². The van der Waals surface area contributed by atoms with Gasteiger partial charge in [-0.25, -0.2) is 4.79 Å². The summed E-state index contributed by atoms with van der Waals surface area (Å²) in [5.74, 6) is -3.08. The fourth-order valence-electron chi connectivity index (χ4n) is 1.88. The average Bonchev–Trinajstić information content (AvgIpc) is 2.39. The number of carbonyl (C=O) groups excluding carboxylic acids is 2. The molecule has 0 radical (unpaired) electrons. The lowest BCUT2D eigenvalue weighted by atomic mass is 10.1. The van der Waals surface area contributed by atoms with Gasteiger partial charge in [-0.05, 0) is 25.8 Å². The maximum Gasteiger partial charge on any atom is 0.372 e. The number of ketones is 1. The summed E-state index contributed by atoms with van der Waals surface area (Å²) in [5, 5.41) is 8.54. The van der Waals surface area contributed by atoms with Crippen LogP contribution in [0.4, 0.5) is 0 Å². The Morgan fingerprint density at radius 3 is 2.25 bits per heavy atom. The van der Waals surface area contributed by atoms with Crippen LogP contribution in [0, 0.1) is 0 Å². The van der Waals surface area contributed by atoms with E-state index in [1.165, 1.54) is 4.90 Å². The quantitative estimate of drug-likeness (QED) is 0.605. The van der Waals surface area contributed by atoms with Crippen LogP contribution < -0.4 is 0 Å². The van der Waals surface area contributed by atoms with E-state index in [0.29, 0.717) is 13.0 Å². The minimum Gasteiger partial charge on any atom is -0.475 e. The standard InChI is InChI=1S/C15H19NO4/c1-11(2)16(14(18)10-13(17)15(19)20)9-8-12-6-4-3-5-7-12/h3-7,11H,8-10H2,1-2H3,(H,19,20). The van der Waals surface area contributed by atoms with E-state index < -0.39 is 24.1 Å². The molecule has 108 valence electrons. The van der Waals surface area contributed by atoms with Crippen molar-refractivity contribution >= 4 is 17.7 Å². The van der Waals surface area contributed by atoms with Crippen molar-refractivity contribution in [2.24, 2.45) is 0 Å². The van der Waals surface area contributed by atoms with Crippen molar-refractivity contribution in [1.29, 1.82) is 0 Å². The number of carboxylic acid groups (broad SMARTS) is 1. The molecule has 0 aliphatic carbocycles. The van der Waals surface area contributed by atoms with E-state index in [4.69, 9.17) is 5.11 Å². The van der Waals surface area contributed by atoms with E-state index in [0.717, 1.165) is 5.56 Å². The van der Waals surface area contributed by atoms with E-state index in [9.17, 15) is 14.4 Å². The molecule has 0 aliphatic rings. The largest absolute Gasteiger partial charge is 0.475 e. The van der Waals surface area contributed by atoms with Crippen LogP contribution in [0.2, 0.25) is 0 Å². The molecule has 0 fully saturated rings. The van der Waals surface area contributed by atoms with Crippen LogP contribution in [-0.4, -0.2) is 40.3 Å². The number of rotatable bonds is 7. The van der Waals surface area contributed by atoms with E-state index in [2.05, 4.69) is 0 Å². The summed E-state index contributed by atoms with van der Waals surface area (Å²) >= 11 is 0. The maximum atomic E-state index is 12.0. The zero-order chi connectivity index (χ0) is 15.1. The van der Waals surface area contributed by atoms with Gasteiger partial charge in [0.15, 0.2) is 0 Å². The molecule has 5 heteroatoms. The van der Waals surface area contributed by atoms with Gasteiger partial charge in [-0.3, -0.25) is 9.59 Å². The predicted octanol–water partition coefficient (Wildman–Crippen LogP) is 1.51. The molecule has 5 nitrogen and oxygen atoms in total. The molecule has 0 saturated heterocycles. The molecule has 1 aromatic rings. The van der Waals surface area contributed by atoms with E-state index >= 15 is 0 Å². The van der Waals surface area contributed by atoms with Gasteiger partial charge in [0, 0.05) is 12.6 Å². The Bertz CT molecular complexity index is 482. The van der Waals surface area contributed by atoms with Crippen LogP contribution in [0.25, 0.3) is 0 Å². The Morgan fingerprint density at radius 1 is 1.15 bits per heavy atom. The molecule has 0 bridgehead atoms. The molecule has 1 N–H and O–H groups in total. The molecule has 0 aromatic heterocycles. The first-order valence-corrected chi connectivity index (χ1v) is 6.51. The van der Waals surface area contributed by atoms with Gasteiger partial charge in [0.2, 0.25) is 11.7 Å². The third-order valence-electron chi connectivity index (χ3n) is 2.98. The summed E-state index contributed by atoms with van der Waals surface area (Å²) in [6.45, 7) is 4.15. The predicted molar refractivity (Wildman–Crippen MR) is 74.3 cm³/mol. The molecule has 0 heterocycles. The summed E-state index contributed by atoms with van der Waals surface area (Å²) in [5.41, 5.74) is 1.09. The van der Waals surface area contributed by atoms with Gasteiger partial charge in [-0.1, -0.05) is 30.3 Å². The van der Waals surface area contributed by atoms with Gasteiger partial charge in [0.1, 0.15) is 0 Å². The second-order valence-electron chi connectivity index (χ2n) is 4.82. The number of hydrogen-bond donors (Lipinski definition) is 1. The Hall–Kier alpha value is -2.17. The lowest BCUT2D eigenvalue weighted by Crippen LogP contribution is -2.40. The zero-order valence-electron chi connectivity index (χ0n) is 11.7. The first kappa shape index (κ1) is 15.9. The Balaban J connectivity index is 2.62. The van der Waals surface area contributed by atoms with Crippen molar-refractivity contribution in [2.75, 3.05) is 6.54 Å². The first-order chi connectivity index (χ1) is 9.41. The number of aliphatic carboxylic acids is 1.